The zero-order valence-corrected chi connectivity index (χ0v) is 18.9. The number of nitrogens with zero attached hydrogens (tertiary/aromatic N) is 4. The van der Waals surface area contributed by atoms with Crippen LogP contribution in [0.3, 0.4) is 0 Å². The lowest BCUT2D eigenvalue weighted by Gasteiger charge is -2.26. The van der Waals surface area contributed by atoms with Crippen molar-refractivity contribution in [2.45, 2.75) is 51.6 Å². The molecule has 4 heterocycles. The summed E-state index contributed by atoms with van der Waals surface area (Å²) >= 11 is 3.30. The largest absolute Gasteiger partial charge is 0.372 e. The second kappa shape index (κ2) is 7.83. The second-order valence-corrected chi connectivity index (χ2v) is 10.2. The molecule has 0 saturated carbocycles. The van der Waals surface area contributed by atoms with Crippen LogP contribution >= 0.6 is 23.1 Å². The molecule has 1 aliphatic heterocycles. The number of hydrogen-bond acceptors (Lipinski definition) is 6. The maximum Gasteiger partial charge on any atom is 0.264 e. The zero-order valence-electron chi connectivity index (χ0n) is 17.3. The first-order valence-corrected chi connectivity index (χ1v) is 12.1. The van der Waals surface area contributed by atoms with Crippen LogP contribution in [-0.2, 0) is 24.3 Å². The Bertz CT molecular complexity index is 1270. The quantitative estimate of drug-likeness (QED) is 0.432. The summed E-state index contributed by atoms with van der Waals surface area (Å²) in [7, 11) is 0. The monoisotopic (exact) mass is 440 g/mol. The van der Waals surface area contributed by atoms with E-state index in [0.717, 1.165) is 43.6 Å². The Kier molecular flexibility index (Phi) is 5.16. The van der Waals surface area contributed by atoms with E-state index in [-0.39, 0.29) is 11.7 Å². The van der Waals surface area contributed by atoms with Crippen LogP contribution in [0.1, 0.15) is 36.8 Å². The summed E-state index contributed by atoms with van der Waals surface area (Å²) in [6, 6.07) is 10.1. The number of rotatable bonds is 5. The third-order valence-electron chi connectivity index (χ3n) is 5.63. The Labute approximate surface area is 182 Å². The van der Waals surface area contributed by atoms with Crippen molar-refractivity contribution in [2.75, 3.05) is 5.75 Å². The topological polar surface area (TPSA) is 61.4 Å². The van der Waals surface area contributed by atoms with E-state index in [2.05, 4.69) is 35.4 Å². The van der Waals surface area contributed by atoms with Crippen molar-refractivity contribution in [2.24, 2.45) is 5.92 Å². The zero-order chi connectivity index (χ0) is 20.8. The first kappa shape index (κ1) is 19.8. The molecule has 1 atom stereocenters. The second-order valence-electron chi connectivity index (χ2n) is 7.91. The molecular formula is C22H24N4O2S2. The Morgan fingerprint density at radius 2 is 2.07 bits per heavy atom. The molecule has 0 amide bonds. The van der Waals surface area contributed by atoms with Gasteiger partial charge in [-0.05, 0) is 22.8 Å². The Hall–Kier alpha value is -2.16. The Balaban J connectivity index is 1.79. The summed E-state index contributed by atoms with van der Waals surface area (Å²) in [5.41, 5.74) is 2.24. The Morgan fingerprint density at radius 1 is 1.27 bits per heavy atom. The van der Waals surface area contributed by atoms with Gasteiger partial charge in [0.2, 0.25) is 5.78 Å². The van der Waals surface area contributed by atoms with Gasteiger partial charge >= 0.3 is 0 Å². The van der Waals surface area contributed by atoms with Gasteiger partial charge < -0.3 is 4.74 Å². The number of ether oxygens (including phenoxy) is 1. The minimum absolute atomic E-state index is 0.0173. The van der Waals surface area contributed by atoms with Gasteiger partial charge in [0.05, 0.1) is 24.6 Å². The number of thioether (sulfide) groups is 1. The van der Waals surface area contributed by atoms with Crippen LogP contribution in [0.15, 0.2) is 40.3 Å². The molecule has 6 nitrogen and oxygen atoms in total. The molecule has 4 aromatic rings. The highest BCUT2D eigenvalue weighted by atomic mass is 32.2. The molecule has 3 aromatic heterocycles. The number of benzene rings is 1. The van der Waals surface area contributed by atoms with Crippen molar-refractivity contribution in [1.29, 1.82) is 0 Å². The summed E-state index contributed by atoms with van der Waals surface area (Å²) in [4.78, 5) is 15.9. The number of fused-ring (bicyclic) bond motifs is 5. The van der Waals surface area contributed by atoms with E-state index in [1.54, 1.807) is 27.7 Å². The van der Waals surface area contributed by atoms with E-state index >= 15 is 0 Å². The molecule has 0 bridgehead atoms. The molecule has 0 saturated heterocycles. The molecule has 0 radical (unpaired) electrons. The molecule has 30 heavy (non-hydrogen) atoms. The molecule has 1 aliphatic rings. The molecule has 8 heteroatoms. The van der Waals surface area contributed by atoms with Crippen molar-refractivity contribution in [3.05, 3.63) is 56.7 Å². The van der Waals surface area contributed by atoms with Gasteiger partial charge in [0.1, 0.15) is 4.83 Å². The van der Waals surface area contributed by atoms with Gasteiger partial charge in [0.25, 0.3) is 5.56 Å². The number of aromatic nitrogens is 4. The summed E-state index contributed by atoms with van der Waals surface area (Å²) in [6.45, 7) is 7.49. The molecule has 5 rings (SSSR count). The van der Waals surface area contributed by atoms with Crippen molar-refractivity contribution in [3.63, 3.8) is 0 Å². The average molecular weight is 441 g/mol. The highest BCUT2D eigenvalue weighted by Crippen LogP contribution is 2.37. The van der Waals surface area contributed by atoms with Crippen LogP contribution in [-0.4, -0.2) is 31.0 Å². The van der Waals surface area contributed by atoms with Gasteiger partial charge in [-0.25, -0.2) is 4.40 Å². The number of thiophene rings is 1. The highest BCUT2D eigenvalue weighted by molar-refractivity contribution is 7.99. The molecule has 0 aliphatic carbocycles. The minimum atomic E-state index is 0.0173. The maximum atomic E-state index is 13.8. The van der Waals surface area contributed by atoms with Gasteiger partial charge in [-0.3, -0.25) is 9.36 Å². The van der Waals surface area contributed by atoms with Crippen LogP contribution in [0, 0.1) is 5.92 Å². The van der Waals surface area contributed by atoms with Crippen molar-refractivity contribution in [3.8, 4) is 0 Å². The molecule has 0 N–H and O–H groups in total. The van der Waals surface area contributed by atoms with Crippen LogP contribution in [0.2, 0.25) is 0 Å². The van der Waals surface area contributed by atoms with E-state index in [1.165, 1.54) is 0 Å². The molecule has 0 fully saturated rings. The van der Waals surface area contributed by atoms with Gasteiger partial charge in [0.15, 0.2) is 5.16 Å². The number of hydrogen-bond donors (Lipinski definition) is 0. The van der Waals surface area contributed by atoms with Gasteiger partial charge in [-0.1, -0.05) is 62.9 Å². The predicted molar refractivity (Wildman–Crippen MR) is 122 cm³/mol. The van der Waals surface area contributed by atoms with Crippen molar-refractivity contribution < 1.29 is 4.74 Å². The fourth-order valence-electron chi connectivity index (χ4n) is 4.05. The van der Waals surface area contributed by atoms with E-state index < -0.39 is 0 Å². The van der Waals surface area contributed by atoms with E-state index in [9.17, 15) is 4.79 Å². The summed E-state index contributed by atoms with van der Waals surface area (Å²) in [5, 5.41) is 10.5. The first-order chi connectivity index (χ1) is 14.6. The maximum absolute atomic E-state index is 13.8. The summed E-state index contributed by atoms with van der Waals surface area (Å²) < 4.78 is 9.93. The minimum Gasteiger partial charge on any atom is -0.372 e. The van der Waals surface area contributed by atoms with Gasteiger partial charge in [-0.2, -0.15) is 0 Å². The fourth-order valence-corrected chi connectivity index (χ4v) is 6.01. The lowest BCUT2D eigenvalue weighted by atomic mass is 9.96. The van der Waals surface area contributed by atoms with Crippen LogP contribution in [0.25, 0.3) is 16.0 Å². The van der Waals surface area contributed by atoms with Crippen LogP contribution in [0.4, 0.5) is 0 Å². The normalized spacial score (nSPS) is 16.6. The standard InChI is InChI=1S/C22H24N4O2S2/c1-4-29-22-24-23-21-25(11-14-8-6-5-7-9-14)19(27)18-15-10-16(13(2)3)28-12-17(15)30-20(18)26(21)22/h5-9,13,16H,4,10-12H2,1-3H3. The highest BCUT2D eigenvalue weighted by Gasteiger charge is 2.29. The predicted octanol–water partition coefficient (Wildman–Crippen LogP) is 4.36. The van der Waals surface area contributed by atoms with E-state index in [4.69, 9.17) is 4.74 Å². The molecule has 0 spiro atoms. The smallest absolute Gasteiger partial charge is 0.264 e. The third-order valence-corrected chi connectivity index (χ3v) is 7.63. The fraction of sp³-hybridized carbons (Fsp3) is 0.409. The van der Waals surface area contributed by atoms with Crippen molar-refractivity contribution >= 4 is 39.1 Å². The summed E-state index contributed by atoms with van der Waals surface area (Å²) in [5.74, 6) is 1.90. The third kappa shape index (κ3) is 3.18. The van der Waals surface area contributed by atoms with Crippen LogP contribution < -0.4 is 5.56 Å². The van der Waals surface area contributed by atoms with E-state index in [1.807, 2.05) is 30.3 Å². The Morgan fingerprint density at radius 3 is 2.80 bits per heavy atom. The lowest BCUT2D eigenvalue weighted by Crippen LogP contribution is -2.28. The molecular weight excluding hydrogens is 416 g/mol. The van der Waals surface area contributed by atoms with Crippen LogP contribution in [0.5, 0.6) is 0 Å². The summed E-state index contributed by atoms with van der Waals surface area (Å²) in [6.07, 6.45) is 0.913. The lowest BCUT2D eigenvalue weighted by molar-refractivity contribution is 0.00200. The molecule has 1 aromatic carbocycles. The average Bonchev–Trinajstić information content (AvgIpc) is 3.33. The first-order valence-electron chi connectivity index (χ1n) is 10.3. The van der Waals surface area contributed by atoms with E-state index in [0.29, 0.717) is 24.8 Å². The molecule has 156 valence electrons. The SMILES string of the molecule is CCSc1nnc2n(Cc3ccccc3)c(=O)c3c4c(sc3n12)COC(C(C)C)C4. The van der Waals surface area contributed by atoms with Crippen molar-refractivity contribution in [1.82, 2.24) is 19.2 Å². The molecule has 1 unspecified atom stereocenters. The van der Waals surface area contributed by atoms with Gasteiger partial charge in [0, 0.05) is 11.3 Å². The van der Waals surface area contributed by atoms with Gasteiger partial charge in [-0.15, -0.1) is 21.5 Å².